The Morgan fingerprint density at radius 3 is 2.83 bits per heavy atom. The molecule has 0 saturated heterocycles. The molecule has 0 amide bonds. The van der Waals surface area contributed by atoms with E-state index in [-0.39, 0.29) is 0 Å². The summed E-state index contributed by atoms with van der Waals surface area (Å²) in [7, 11) is 1.95. The molecule has 96 valence electrons. The lowest BCUT2D eigenvalue weighted by atomic mass is 10.2. The summed E-state index contributed by atoms with van der Waals surface area (Å²) in [4.78, 5) is 8.37. The van der Waals surface area contributed by atoms with Crippen LogP contribution in [0.15, 0.2) is 29.0 Å². The number of pyridine rings is 1. The van der Waals surface area contributed by atoms with E-state index in [1.165, 1.54) is 0 Å². The Labute approximate surface area is 107 Å². The number of hydrogen-bond donors (Lipinski definition) is 1. The second-order valence-corrected chi connectivity index (χ2v) is 4.36. The van der Waals surface area contributed by atoms with E-state index in [1.807, 2.05) is 19.2 Å². The maximum Gasteiger partial charge on any atom is 0.226 e. The number of hydrogen-bond acceptors (Lipinski definition) is 5. The summed E-state index contributed by atoms with van der Waals surface area (Å²) in [6, 6.07) is 4.37. The highest BCUT2D eigenvalue weighted by Crippen LogP contribution is 2.07. The van der Waals surface area contributed by atoms with E-state index in [0.29, 0.717) is 18.4 Å². The topological polar surface area (TPSA) is 63.8 Å². The Bertz CT molecular complexity index is 469. The lowest BCUT2D eigenvalue weighted by Gasteiger charge is -2.06. The van der Waals surface area contributed by atoms with Crippen LogP contribution in [0.5, 0.6) is 0 Å². The van der Waals surface area contributed by atoms with E-state index in [2.05, 4.69) is 27.4 Å². The summed E-state index contributed by atoms with van der Waals surface area (Å²) in [6.45, 7) is 2.13. The van der Waals surface area contributed by atoms with Gasteiger partial charge in [-0.15, -0.1) is 0 Å². The van der Waals surface area contributed by atoms with E-state index < -0.39 is 0 Å². The van der Waals surface area contributed by atoms with E-state index in [4.69, 9.17) is 4.52 Å². The summed E-state index contributed by atoms with van der Waals surface area (Å²) in [5.74, 6) is 1.44. The molecule has 0 aliphatic heterocycles. The summed E-state index contributed by atoms with van der Waals surface area (Å²) < 4.78 is 5.23. The summed E-state index contributed by atoms with van der Waals surface area (Å²) >= 11 is 0. The standard InChI is InChI=1S/C13H18N4O/c1-10(14-2)3-4-13-16-12(17-18-13)9-11-5-7-15-8-6-11/h5-8,10,14H,3-4,9H2,1-2H3. The average molecular weight is 246 g/mol. The van der Waals surface area contributed by atoms with Crippen molar-refractivity contribution in [1.82, 2.24) is 20.4 Å². The zero-order valence-corrected chi connectivity index (χ0v) is 10.8. The van der Waals surface area contributed by atoms with Gasteiger partial charge in [0.2, 0.25) is 5.89 Å². The second kappa shape index (κ2) is 6.26. The molecule has 5 heteroatoms. The van der Waals surface area contributed by atoms with Crippen molar-refractivity contribution in [3.8, 4) is 0 Å². The van der Waals surface area contributed by atoms with E-state index in [1.54, 1.807) is 12.4 Å². The zero-order chi connectivity index (χ0) is 12.8. The van der Waals surface area contributed by atoms with Crippen LogP contribution < -0.4 is 5.32 Å². The van der Waals surface area contributed by atoms with Crippen LogP contribution in [0, 0.1) is 0 Å². The van der Waals surface area contributed by atoms with Crippen LogP contribution in [0.4, 0.5) is 0 Å². The molecule has 0 spiro atoms. The van der Waals surface area contributed by atoms with Crippen molar-refractivity contribution in [1.29, 1.82) is 0 Å². The van der Waals surface area contributed by atoms with Gasteiger partial charge in [0, 0.05) is 31.3 Å². The first-order chi connectivity index (χ1) is 8.78. The highest BCUT2D eigenvalue weighted by molar-refractivity contribution is 5.14. The number of rotatable bonds is 6. The lowest BCUT2D eigenvalue weighted by molar-refractivity contribution is 0.365. The molecule has 2 aromatic rings. The van der Waals surface area contributed by atoms with Crippen LogP contribution >= 0.6 is 0 Å². The Hall–Kier alpha value is -1.75. The molecule has 5 nitrogen and oxygen atoms in total. The van der Waals surface area contributed by atoms with Gasteiger partial charge >= 0.3 is 0 Å². The molecule has 2 rings (SSSR count). The minimum atomic E-state index is 0.459. The number of nitrogens with one attached hydrogen (secondary N) is 1. The molecule has 0 radical (unpaired) electrons. The van der Waals surface area contributed by atoms with Gasteiger partial charge in [0.25, 0.3) is 0 Å². The largest absolute Gasteiger partial charge is 0.339 e. The normalized spacial score (nSPS) is 12.6. The molecular weight excluding hydrogens is 228 g/mol. The molecular formula is C13H18N4O. The molecule has 0 saturated carbocycles. The van der Waals surface area contributed by atoms with Crippen LogP contribution in [-0.2, 0) is 12.8 Å². The van der Waals surface area contributed by atoms with Gasteiger partial charge in [0.1, 0.15) is 0 Å². The summed E-state index contributed by atoms with van der Waals surface area (Å²) in [5, 5.41) is 7.17. The van der Waals surface area contributed by atoms with Gasteiger partial charge in [-0.2, -0.15) is 4.98 Å². The maximum atomic E-state index is 5.23. The molecule has 0 aliphatic rings. The van der Waals surface area contributed by atoms with Gasteiger partial charge in [0.05, 0.1) is 0 Å². The van der Waals surface area contributed by atoms with Gasteiger partial charge < -0.3 is 9.84 Å². The molecule has 0 bridgehead atoms. The van der Waals surface area contributed by atoms with Gasteiger partial charge in [0.15, 0.2) is 5.82 Å². The SMILES string of the molecule is CNC(C)CCc1nc(Cc2ccncc2)no1. The first-order valence-electron chi connectivity index (χ1n) is 6.15. The van der Waals surface area contributed by atoms with Crippen LogP contribution in [0.1, 0.15) is 30.6 Å². The van der Waals surface area contributed by atoms with Gasteiger partial charge in [-0.05, 0) is 38.1 Å². The van der Waals surface area contributed by atoms with Crippen molar-refractivity contribution in [3.63, 3.8) is 0 Å². The fourth-order valence-corrected chi connectivity index (χ4v) is 1.63. The fourth-order valence-electron chi connectivity index (χ4n) is 1.63. The average Bonchev–Trinajstić information content (AvgIpc) is 2.85. The summed E-state index contributed by atoms with van der Waals surface area (Å²) in [5.41, 5.74) is 1.14. The van der Waals surface area contributed by atoms with E-state index >= 15 is 0 Å². The molecule has 1 N–H and O–H groups in total. The van der Waals surface area contributed by atoms with Crippen molar-refractivity contribution in [3.05, 3.63) is 41.8 Å². The molecule has 18 heavy (non-hydrogen) atoms. The smallest absolute Gasteiger partial charge is 0.226 e. The Kier molecular flexibility index (Phi) is 4.41. The molecule has 2 heterocycles. The van der Waals surface area contributed by atoms with Crippen molar-refractivity contribution in [2.45, 2.75) is 32.2 Å². The predicted molar refractivity (Wildman–Crippen MR) is 68.2 cm³/mol. The maximum absolute atomic E-state index is 5.23. The summed E-state index contributed by atoms with van der Waals surface area (Å²) in [6.07, 6.45) is 6.03. The first kappa shape index (κ1) is 12.7. The van der Waals surface area contributed by atoms with Crippen LogP contribution in [0.3, 0.4) is 0 Å². The highest BCUT2D eigenvalue weighted by atomic mass is 16.5. The monoisotopic (exact) mass is 246 g/mol. The van der Waals surface area contributed by atoms with Crippen LogP contribution in [0.25, 0.3) is 0 Å². The first-order valence-corrected chi connectivity index (χ1v) is 6.15. The van der Waals surface area contributed by atoms with Gasteiger partial charge in [-0.3, -0.25) is 4.98 Å². The fraction of sp³-hybridized carbons (Fsp3) is 0.462. The third-order valence-electron chi connectivity index (χ3n) is 2.91. The van der Waals surface area contributed by atoms with Crippen LogP contribution in [0.2, 0.25) is 0 Å². The number of aromatic nitrogens is 3. The van der Waals surface area contributed by atoms with Gasteiger partial charge in [-0.1, -0.05) is 5.16 Å². The Morgan fingerprint density at radius 1 is 1.33 bits per heavy atom. The third kappa shape index (κ3) is 3.63. The van der Waals surface area contributed by atoms with E-state index in [9.17, 15) is 0 Å². The molecule has 0 aromatic carbocycles. The van der Waals surface area contributed by atoms with Crippen molar-refractivity contribution < 1.29 is 4.52 Å². The van der Waals surface area contributed by atoms with Crippen molar-refractivity contribution in [2.24, 2.45) is 0 Å². The molecule has 1 unspecified atom stereocenters. The molecule has 1 atom stereocenters. The third-order valence-corrected chi connectivity index (χ3v) is 2.91. The molecule has 0 aliphatic carbocycles. The minimum absolute atomic E-state index is 0.459. The minimum Gasteiger partial charge on any atom is -0.339 e. The van der Waals surface area contributed by atoms with E-state index in [0.717, 1.165) is 24.2 Å². The molecule has 0 fully saturated rings. The zero-order valence-electron chi connectivity index (χ0n) is 10.8. The number of nitrogens with zero attached hydrogens (tertiary/aromatic N) is 3. The Morgan fingerprint density at radius 2 is 2.11 bits per heavy atom. The highest BCUT2D eigenvalue weighted by Gasteiger charge is 2.08. The quantitative estimate of drug-likeness (QED) is 0.838. The predicted octanol–water partition coefficient (Wildman–Crippen LogP) is 1.60. The van der Waals surface area contributed by atoms with Gasteiger partial charge in [-0.25, -0.2) is 0 Å². The lowest BCUT2D eigenvalue weighted by Crippen LogP contribution is -2.21. The van der Waals surface area contributed by atoms with Crippen molar-refractivity contribution in [2.75, 3.05) is 7.05 Å². The number of aryl methyl sites for hydroxylation is 1. The second-order valence-electron chi connectivity index (χ2n) is 4.36. The van der Waals surface area contributed by atoms with Crippen LogP contribution in [-0.4, -0.2) is 28.2 Å². The molecule has 2 aromatic heterocycles. The Balaban J connectivity index is 1.90. The van der Waals surface area contributed by atoms with Crippen molar-refractivity contribution >= 4 is 0 Å².